The van der Waals surface area contributed by atoms with E-state index in [0.29, 0.717) is 11.4 Å². The van der Waals surface area contributed by atoms with Crippen LogP contribution in [0.1, 0.15) is 22.8 Å². The van der Waals surface area contributed by atoms with Crippen LogP contribution in [0, 0.1) is 29.6 Å². The van der Waals surface area contributed by atoms with Crippen molar-refractivity contribution in [2.45, 2.75) is 22.6 Å². The van der Waals surface area contributed by atoms with E-state index in [0.717, 1.165) is 21.9 Å². The summed E-state index contributed by atoms with van der Waals surface area (Å²) in [6, 6.07) is 14.3. The second kappa shape index (κ2) is 7.48. The lowest BCUT2D eigenvalue weighted by molar-refractivity contribution is -0.123. The Morgan fingerprint density at radius 2 is 1.71 bits per heavy atom. The molecule has 2 aromatic carbocycles. The van der Waals surface area contributed by atoms with Crippen molar-refractivity contribution in [2.24, 2.45) is 29.6 Å². The number of carbonyl (C=O) groups excluding carboxylic acids is 2. The number of thiazole rings is 1. The number of imide groups is 1. The molecule has 2 N–H and O–H groups in total. The normalized spacial score (nSPS) is 32.5. The maximum absolute atomic E-state index is 13.7. The lowest BCUT2D eigenvalue weighted by Gasteiger charge is -2.43. The number of hydrogen-bond donors (Lipinski definition) is 2. The molecule has 7 atom stereocenters. The van der Waals surface area contributed by atoms with E-state index in [2.05, 4.69) is 4.98 Å². The molecule has 2 aliphatic heterocycles. The number of methoxy groups -OCH3 is 1. The Bertz CT molecular complexity index is 1430. The molecule has 3 fully saturated rings. The van der Waals surface area contributed by atoms with Gasteiger partial charge in [-0.15, -0.1) is 11.8 Å². The van der Waals surface area contributed by atoms with Gasteiger partial charge < -0.3 is 14.8 Å². The molecule has 1 aromatic heterocycles. The van der Waals surface area contributed by atoms with E-state index in [1.54, 1.807) is 55.3 Å². The highest BCUT2D eigenvalue weighted by molar-refractivity contribution is 8.00. The van der Waals surface area contributed by atoms with Crippen molar-refractivity contribution >= 4 is 40.6 Å². The minimum Gasteiger partial charge on any atom is -0.508 e. The molecule has 0 radical (unpaired) electrons. The third-order valence-corrected chi connectivity index (χ3v) is 10.9. The highest BCUT2D eigenvalue weighted by atomic mass is 32.2. The van der Waals surface area contributed by atoms with Crippen LogP contribution in [0.2, 0.25) is 0 Å². The lowest BCUT2D eigenvalue weighted by Crippen LogP contribution is -2.42. The minimum absolute atomic E-state index is 0.0113. The summed E-state index contributed by atoms with van der Waals surface area (Å²) in [7, 11) is 1.58. The molecule has 2 saturated carbocycles. The zero-order valence-corrected chi connectivity index (χ0v) is 20.3. The molecule has 9 heteroatoms. The number of benzene rings is 2. The molecule has 2 aliphatic carbocycles. The predicted molar refractivity (Wildman–Crippen MR) is 132 cm³/mol. The molecule has 178 valence electrons. The summed E-state index contributed by atoms with van der Waals surface area (Å²) >= 11 is 2.83. The number of ether oxygens (including phenoxy) is 1. The van der Waals surface area contributed by atoms with Gasteiger partial charge in [0.15, 0.2) is 0 Å². The van der Waals surface area contributed by atoms with Crippen LogP contribution in [-0.4, -0.2) is 34.3 Å². The molecule has 4 aliphatic rings. The van der Waals surface area contributed by atoms with Crippen molar-refractivity contribution < 1.29 is 19.4 Å². The quantitative estimate of drug-likeness (QED) is 0.524. The fourth-order valence-corrected chi connectivity index (χ4v) is 9.98. The lowest BCUT2D eigenvalue weighted by atomic mass is 9.68. The van der Waals surface area contributed by atoms with Crippen LogP contribution in [0.5, 0.6) is 11.5 Å². The minimum atomic E-state index is -0.373. The van der Waals surface area contributed by atoms with Gasteiger partial charge in [0.05, 0.1) is 29.7 Å². The highest BCUT2D eigenvalue weighted by Crippen LogP contribution is 2.69. The SMILES string of the molecule is COc1ccc(N2C(=O)C3C4CC(C3C2=O)C2C4Sc3[nH]c(=O)sc3[C@@H]2c2ccccc2O)cc1. The number of para-hydroxylation sites is 1. The van der Waals surface area contributed by atoms with Crippen molar-refractivity contribution in [3.8, 4) is 11.5 Å². The number of anilines is 1. The summed E-state index contributed by atoms with van der Waals surface area (Å²) in [6.07, 6.45) is 0.814. The number of rotatable bonds is 3. The number of aromatic nitrogens is 1. The molecule has 2 bridgehead atoms. The summed E-state index contributed by atoms with van der Waals surface area (Å²) in [5.41, 5.74) is 1.36. The topological polar surface area (TPSA) is 99.7 Å². The average Bonchev–Trinajstić information content (AvgIpc) is 3.59. The predicted octanol–water partition coefficient (Wildman–Crippen LogP) is 3.83. The van der Waals surface area contributed by atoms with Gasteiger partial charge in [-0.1, -0.05) is 29.5 Å². The molecule has 1 saturated heterocycles. The third-order valence-electron chi connectivity index (χ3n) is 8.33. The number of aromatic amines is 1. The number of nitrogens with zero attached hydrogens (tertiary/aromatic N) is 1. The second-order valence-electron chi connectivity index (χ2n) is 9.73. The zero-order valence-electron chi connectivity index (χ0n) is 18.7. The van der Waals surface area contributed by atoms with Crippen molar-refractivity contribution in [1.82, 2.24) is 4.98 Å². The Morgan fingerprint density at radius 3 is 2.43 bits per heavy atom. The standard InChI is InChI=1S/C26H22N2O5S2/c1-33-12-8-6-11(7-9-12)28-24(30)19-14-10-15(20(19)25(28)31)21-18(14)17(13-4-2-3-5-16(13)29)22-23(34-21)27-26(32)35-22/h2-9,14-15,17-21,29H,10H2,1H3,(H,27,32)/t14?,15?,17-,18?,19?,20?,21?/m1/s1. The Kier molecular flexibility index (Phi) is 4.54. The number of nitrogens with one attached hydrogen (secondary N) is 1. The van der Waals surface area contributed by atoms with E-state index in [-0.39, 0.29) is 63.2 Å². The summed E-state index contributed by atoms with van der Waals surface area (Å²) in [6.45, 7) is 0. The molecule has 3 heterocycles. The van der Waals surface area contributed by atoms with Crippen molar-refractivity contribution in [3.63, 3.8) is 0 Å². The second-order valence-corrected chi connectivity index (χ2v) is 11.9. The molecule has 35 heavy (non-hydrogen) atoms. The average molecular weight is 507 g/mol. The third kappa shape index (κ3) is 2.82. The maximum atomic E-state index is 13.7. The van der Waals surface area contributed by atoms with Gasteiger partial charge in [-0.3, -0.25) is 19.3 Å². The van der Waals surface area contributed by atoms with Crippen LogP contribution in [0.4, 0.5) is 5.69 Å². The van der Waals surface area contributed by atoms with E-state index in [1.165, 1.54) is 16.2 Å². The molecule has 0 spiro atoms. The van der Waals surface area contributed by atoms with Gasteiger partial charge in [-0.25, -0.2) is 0 Å². The van der Waals surface area contributed by atoms with E-state index in [4.69, 9.17) is 4.74 Å². The van der Waals surface area contributed by atoms with Crippen LogP contribution < -0.4 is 14.5 Å². The van der Waals surface area contributed by atoms with Crippen LogP contribution in [-0.2, 0) is 9.59 Å². The Labute approximate surface area is 209 Å². The van der Waals surface area contributed by atoms with Crippen LogP contribution in [0.25, 0.3) is 0 Å². The molecule has 7 nitrogen and oxygen atoms in total. The Morgan fingerprint density at radius 1 is 1.00 bits per heavy atom. The van der Waals surface area contributed by atoms with Crippen molar-refractivity contribution in [2.75, 3.05) is 12.0 Å². The zero-order chi connectivity index (χ0) is 24.0. The fourth-order valence-electron chi connectivity index (χ4n) is 7.10. The molecule has 7 rings (SSSR count). The Balaban J connectivity index is 1.32. The molecule has 6 unspecified atom stereocenters. The first-order valence-electron chi connectivity index (χ1n) is 11.7. The van der Waals surface area contributed by atoms with Crippen LogP contribution in [0.3, 0.4) is 0 Å². The monoisotopic (exact) mass is 506 g/mol. The highest BCUT2D eigenvalue weighted by Gasteiger charge is 2.69. The molecular formula is C26H22N2O5S2. The van der Waals surface area contributed by atoms with Gasteiger partial charge in [0, 0.05) is 21.6 Å². The van der Waals surface area contributed by atoms with Crippen molar-refractivity contribution in [3.05, 3.63) is 68.6 Å². The number of phenols is 1. The van der Waals surface area contributed by atoms with Gasteiger partial charge in [-0.2, -0.15) is 0 Å². The van der Waals surface area contributed by atoms with Gasteiger partial charge in [-0.05, 0) is 54.5 Å². The van der Waals surface area contributed by atoms with E-state index < -0.39 is 0 Å². The summed E-state index contributed by atoms with van der Waals surface area (Å²) < 4.78 is 5.23. The summed E-state index contributed by atoms with van der Waals surface area (Å²) in [5, 5.41) is 11.7. The maximum Gasteiger partial charge on any atom is 0.305 e. The van der Waals surface area contributed by atoms with E-state index in [1.807, 2.05) is 12.1 Å². The number of aromatic hydroxyl groups is 1. The largest absolute Gasteiger partial charge is 0.508 e. The number of fused-ring (bicyclic) bond motifs is 9. The van der Waals surface area contributed by atoms with Gasteiger partial charge in [0.2, 0.25) is 11.8 Å². The van der Waals surface area contributed by atoms with Crippen molar-refractivity contribution in [1.29, 1.82) is 0 Å². The first-order valence-corrected chi connectivity index (χ1v) is 13.4. The first kappa shape index (κ1) is 21.3. The van der Waals surface area contributed by atoms with E-state index >= 15 is 0 Å². The molecule has 3 aromatic rings. The number of phenolic OH excluding ortho intramolecular Hbond substituents is 1. The smallest absolute Gasteiger partial charge is 0.305 e. The number of thioether (sulfide) groups is 1. The van der Waals surface area contributed by atoms with Gasteiger partial charge in [0.25, 0.3) is 0 Å². The van der Waals surface area contributed by atoms with Crippen LogP contribution in [0.15, 0.2) is 58.4 Å². The fraction of sp³-hybridized carbons (Fsp3) is 0.346. The summed E-state index contributed by atoms with van der Waals surface area (Å²) in [4.78, 5) is 44.9. The number of H-pyrrole nitrogens is 1. The van der Waals surface area contributed by atoms with E-state index in [9.17, 15) is 19.5 Å². The number of carbonyl (C=O) groups is 2. The van der Waals surface area contributed by atoms with Gasteiger partial charge in [0.1, 0.15) is 11.5 Å². The number of amides is 2. The van der Waals surface area contributed by atoms with Crippen LogP contribution >= 0.6 is 23.1 Å². The van der Waals surface area contributed by atoms with Gasteiger partial charge >= 0.3 is 4.87 Å². The number of hydrogen-bond acceptors (Lipinski definition) is 7. The molecular weight excluding hydrogens is 484 g/mol. The first-order chi connectivity index (χ1) is 17.0. The summed E-state index contributed by atoms with van der Waals surface area (Å²) in [5.74, 6) is -0.180. The molecule has 2 amide bonds. The Hall–Kier alpha value is -3.04.